The van der Waals surface area contributed by atoms with Gasteiger partial charge in [-0.25, -0.2) is 0 Å². The third-order valence-electron chi connectivity index (χ3n) is 2.54. The molecule has 0 spiro atoms. The Hall–Kier alpha value is -1.70. The van der Waals surface area contributed by atoms with E-state index in [1.165, 1.54) is 11.1 Å². The highest BCUT2D eigenvalue weighted by atomic mass is 15.4. The van der Waals surface area contributed by atoms with E-state index in [0.29, 0.717) is 0 Å². The van der Waals surface area contributed by atoms with Crippen LogP contribution < -0.4 is 9.35 Å². The van der Waals surface area contributed by atoms with Gasteiger partial charge in [0.05, 0.1) is 9.35 Å². The Labute approximate surface area is 90.4 Å². The number of hydrogen-bond donors (Lipinski definition) is 0. The van der Waals surface area contributed by atoms with Crippen molar-refractivity contribution in [2.24, 2.45) is 0 Å². The molecule has 0 saturated heterocycles. The van der Waals surface area contributed by atoms with Gasteiger partial charge in [0.1, 0.15) is 0 Å². The quantitative estimate of drug-likeness (QED) is 0.648. The predicted molar refractivity (Wildman–Crippen MR) is 58.2 cm³/mol. The van der Waals surface area contributed by atoms with Crippen LogP contribution in [0.2, 0.25) is 0 Å². The highest BCUT2D eigenvalue weighted by Gasteiger charge is 2.09. The first-order valence-corrected chi connectivity index (χ1v) is 5.28. The number of nitrogens with zero attached hydrogens (tertiary/aromatic N) is 2. The van der Waals surface area contributed by atoms with Crippen molar-refractivity contribution >= 4 is 0 Å². The van der Waals surface area contributed by atoms with Gasteiger partial charge in [0.15, 0.2) is 0 Å². The van der Waals surface area contributed by atoms with Crippen LogP contribution in [0.5, 0.6) is 0 Å². The lowest BCUT2D eigenvalue weighted by molar-refractivity contribution is -1.30. The van der Waals surface area contributed by atoms with Crippen LogP contribution in [0.25, 0.3) is 0 Å². The lowest BCUT2D eigenvalue weighted by Gasteiger charge is -1.92. The first kappa shape index (κ1) is 9.84. The molecule has 2 aromatic heterocycles. The Bertz CT molecular complexity index is 429. The minimum absolute atomic E-state index is 1.08. The van der Waals surface area contributed by atoms with E-state index in [2.05, 4.69) is 67.6 Å². The number of pyridine rings is 2. The van der Waals surface area contributed by atoms with Crippen LogP contribution in [0, 0.1) is 6.92 Å². The molecule has 0 aliphatic rings. The van der Waals surface area contributed by atoms with E-state index in [0.717, 1.165) is 6.42 Å². The zero-order valence-electron chi connectivity index (χ0n) is 9.22. The highest BCUT2D eigenvalue weighted by molar-refractivity contribution is 5.06. The number of aryl methyl sites for hydroxylation is 2. The monoisotopic (exact) mass is 200 g/mol. The molecule has 0 fully saturated rings. The maximum absolute atomic E-state index is 2.17. The zero-order chi connectivity index (χ0) is 10.7. The fourth-order valence-electron chi connectivity index (χ4n) is 1.49. The second-order valence-corrected chi connectivity index (χ2v) is 3.70. The molecule has 0 unspecified atom stereocenters. The van der Waals surface area contributed by atoms with Crippen molar-refractivity contribution < 1.29 is 9.35 Å². The van der Waals surface area contributed by atoms with E-state index >= 15 is 0 Å². The summed E-state index contributed by atoms with van der Waals surface area (Å²) in [6, 6.07) is 8.49. The molecular formula is C13H16N2+2. The average molecular weight is 200 g/mol. The van der Waals surface area contributed by atoms with Crippen molar-refractivity contribution in [3.8, 4) is 0 Å². The first-order valence-electron chi connectivity index (χ1n) is 5.28. The van der Waals surface area contributed by atoms with Crippen LogP contribution in [0.1, 0.15) is 18.1 Å². The molecule has 2 aromatic rings. The van der Waals surface area contributed by atoms with Crippen LogP contribution in [0.15, 0.2) is 49.1 Å². The summed E-state index contributed by atoms with van der Waals surface area (Å²) in [4.78, 5) is 0. The Kier molecular flexibility index (Phi) is 2.77. The van der Waals surface area contributed by atoms with Crippen LogP contribution in [-0.4, -0.2) is 0 Å². The molecule has 0 N–H and O–H groups in total. The van der Waals surface area contributed by atoms with Crippen molar-refractivity contribution in [3.63, 3.8) is 0 Å². The minimum atomic E-state index is 1.08. The summed E-state index contributed by atoms with van der Waals surface area (Å²) in [5, 5.41) is 0. The summed E-state index contributed by atoms with van der Waals surface area (Å²) in [6.07, 6.45) is 9.35. The summed E-state index contributed by atoms with van der Waals surface area (Å²) in [5.41, 5.74) is 2.64. The number of hydrogen-bond acceptors (Lipinski definition) is 0. The van der Waals surface area contributed by atoms with Crippen LogP contribution >= 0.6 is 0 Å². The Morgan fingerprint density at radius 3 is 1.80 bits per heavy atom. The van der Waals surface area contributed by atoms with Gasteiger partial charge >= 0.3 is 0 Å². The molecule has 15 heavy (non-hydrogen) atoms. The average Bonchev–Trinajstić information content (AvgIpc) is 2.30. The molecule has 0 aliphatic carbocycles. The Balaban J connectivity index is 2.33. The van der Waals surface area contributed by atoms with Gasteiger partial charge in [-0.05, 0) is 24.5 Å². The summed E-state index contributed by atoms with van der Waals surface area (Å²) >= 11 is 0. The third kappa shape index (κ3) is 2.21. The standard InChI is InChI=1S/C13H16N2/c1-3-13-6-10-15(11-7-13)14-8-4-12(2)5-9-14/h4-11H,3H2,1-2H3/q+2. The predicted octanol–water partition coefficient (Wildman–Crippen LogP) is 1.44. The second kappa shape index (κ2) is 4.22. The van der Waals surface area contributed by atoms with Crippen LogP contribution in [-0.2, 0) is 6.42 Å². The molecule has 2 heteroatoms. The molecule has 2 rings (SSSR count). The van der Waals surface area contributed by atoms with E-state index in [4.69, 9.17) is 0 Å². The van der Waals surface area contributed by atoms with E-state index in [1.54, 1.807) is 0 Å². The Morgan fingerprint density at radius 1 is 0.867 bits per heavy atom. The van der Waals surface area contributed by atoms with Crippen molar-refractivity contribution in [1.29, 1.82) is 0 Å². The third-order valence-corrected chi connectivity index (χ3v) is 2.54. The molecule has 0 radical (unpaired) electrons. The lowest BCUT2D eigenvalue weighted by Crippen LogP contribution is -2.65. The van der Waals surface area contributed by atoms with Crippen LogP contribution in [0.3, 0.4) is 0 Å². The van der Waals surface area contributed by atoms with Crippen LogP contribution in [0.4, 0.5) is 0 Å². The second-order valence-electron chi connectivity index (χ2n) is 3.70. The summed E-state index contributed by atoms with van der Waals surface area (Å²) in [6.45, 7) is 4.26. The largest absolute Gasteiger partial charge is 0.242 e. The molecule has 0 atom stereocenters. The van der Waals surface area contributed by atoms with E-state index in [1.807, 2.05) is 4.68 Å². The molecule has 2 nitrogen and oxygen atoms in total. The molecule has 2 heterocycles. The van der Waals surface area contributed by atoms with E-state index < -0.39 is 0 Å². The lowest BCUT2D eigenvalue weighted by atomic mass is 10.2. The van der Waals surface area contributed by atoms with Crippen molar-refractivity contribution in [2.75, 3.05) is 0 Å². The summed E-state index contributed by atoms with van der Waals surface area (Å²) in [5.74, 6) is 0. The maximum atomic E-state index is 2.17. The SMILES string of the molecule is CCc1cc[n+](-[n+]2ccc(C)cc2)cc1. The van der Waals surface area contributed by atoms with Gasteiger partial charge < -0.3 is 0 Å². The fourth-order valence-corrected chi connectivity index (χ4v) is 1.49. The minimum Gasteiger partial charge on any atom is -0.0613 e. The smallest absolute Gasteiger partial charge is 0.0613 e. The normalized spacial score (nSPS) is 10.3. The van der Waals surface area contributed by atoms with Gasteiger partial charge in [0, 0.05) is 24.3 Å². The van der Waals surface area contributed by atoms with E-state index in [9.17, 15) is 0 Å². The molecule has 76 valence electrons. The van der Waals surface area contributed by atoms with Crippen molar-refractivity contribution in [2.45, 2.75) is 20.3 Å². The summed E-state index contributed by atoms with van der Waals surface area (Å²) < 4.78 is 4.10. The molecule has 0 aliphatic heterocycles. The Morgan fingerprint density at radius 2 is 1.33 bits per heavy atom. The van der Waals surface area contributed by atoms with Gasteiger partial charge in [0.25, 0.3) is 0 Å². The van der Waals surface area contributed by atoms with Gasteiger partial charge in [-0.3, -0.25) is 0 Å². The molecule has 0 saturated carbocycles. The summed E-state index contributed by atoms with van der Waals surface area (Å²) in [7, 11) is 0. The molecule has 0 bridgehead atoms. The van der Waals surface area contributed by atoms with Gasteiger partial charge in [-0.15, -0.1) is 0 Å². The molecular weight excluding hydrogens is 184 g/mol. The van der Waals surface area contributed by atoms with Gasteiger partial charge in [-0.2, -0.15) is 0 Å². The first-order chi connectivity index (χ1) is 7.29. The number of rotatable bonds is 2. The van der Waals surface area contributed by atoms with Gasteiger partial charge in [-0.1, -0.05) is 6.92 Å². The van der Waals surface area contributed by atoms with Crippen molar-refractivity contribution in [1.82, 2.24) is 0 Å². The topological polar surface area (TPSA) is 7.76 Å². The molecule has 0 amide bonds. The van der Waals surface area contributed by atoms with Gasteiger partial charge in [0.2, 0.25) is 24.8 Å². The fraction of sp³-hybridized carbons (Fsp3) is 0.231. The maximum Gasteiger partial charge on any atom is 0.242 e. The molecule has 0 aromatic carbocycles. The van der Waals surface area contributed by atoms with E-state index in [-0.39, 0.29) is 0 Å². The van der Waals surface area contributed by atoms with Crippen molar-refractivity contribution in [3.05, 3.63) is 60.2 Å². The zero-order valence-corrected chi connectivity index (χ0v) is 9.22. The number of aromatic nitrogens is 2. The highest BCUT2D eigenvalue weighted by Crippen LogP contribution is 1.94.